The highest BCUT2D eigenvalue weighted by atomic mass is 16.4. The summed E-state index contributed by atoms with van der Waals surface area (Å²) in [6.45, 7) is 2.37. The molecule has 1 saturated carbocycles. The molecule has 2 atom stereocenters. The average Bonchev–Trinajstić information content (AvgIpc) is 2.46. The summed E-state index contributed by atoms with van der Waals surface area (Å²) < 4.78 is 0. The van der Waals surface area contributed by atoms with Crippen molar-refractivity contribution in [3.63, 3.8) is 0 Å². The van der Waals surface area contributed by atoms with Crippen LogP contribution < -0.4 is 10.6 Å². The molecule has 1 aromatic rings. The third-order valence-electron chi connectivity index (χ3n) is 3.96. The van der Waals surface area contributed by atoms with Crippen LogP contribution in [-0.4, -0.2) is 27.6 Å². The van der Waals surface area contributed by atoms with Crippen molar-refractivity contribution in [2.45, 2.75) is 44.7 Å². The molecule has 2 amide bonds. The maximum atomic E-state index is 12.0. The molecule has 1 aromatic heterocycles. The molecule has 0 spiro atoms. The van der Waals surface area contributed by atoms with Crippen molar-refractivity contribution in [3.05, 3.63) is 30.1 Å². The molecule has 2 rings (SSSR count). The first-order valence-electron chi connectivity index (χ1n) is 7.20. The van der Waals surface area contributed by atoms with Gasteiger partial charge in [0.1, 0.15) is 5.54 Å². The number of hydrogen-bond acceptors (Lipinski definition) is 3. The van der Waals surface area contributed by atoms with E-state index in [2.05, 4.69) is 15.6 Å². The summed E-state index contributed by atoms with van der Waals surface area (Å²) >= 11 is 0. The Morgan fingerprint density at radius 2 is 2.14 bits per heavy atom. The zero-order valence-corrected chi connectivity index (χ0v) is 12.1. The third kappa shape index (κ3) is 3.93. The van der Waals surface area contributed by atoms with Crippen LogP contribution in [0.1, 0.15) is 38.2 Å². The monoisotopic (exact) mass is 291 g/mol. The fourth-order valence-electron chi connectivity index (χ4n) is 2.86. The largest absolute Gasteiger partial charge is 0.480 e. The molecule has 1 aliphatic carbocycles. The molecule has 0 radical (unpaired) electrons. The number of pyridine rings is 1. The van der Waals surface area contributed by atoms with Gasteiger partial charge in [-0.3, -0.25) is 4.98 Å². The molecule has 1 aliphatic rings. The second kappa shape index (κ2) is 6.56. The first-order chi connectivity index (χ1) is 10.0. The number of nitrogens with one attached hydrogen (secondary N) is 2. The molecule has 21 heavy (non-hydrogen) atoms. The number of carboxylic acid groups (broad SMARTS) is 1. The second-order valence-corrected chi connectivity index (χ2v) is 5.75. The first-order valence-corrected chi connectivity index (χ1v) is 7.20. The van der Waals surface area contributed by atoms with Gasteiger partial charge in [0.2, 0.25) is 0 Å². The Labute approximate surface area is 124 Å². The molecule has 0 bridgehead atoms. The number of aliphatic carboxylic acids is 1. The normalized spacial score (nSPS) is 25.1. The fraction of sp³-hybridized carbons (Fsp3) is 0.533. The number of amides is 2. The zero-order valence-electron chi connectivity index (χ0n) is 12.1. The number of rotatable bonds is 4. The molecule has 0 saturated heterocycles. The summed E-state index contributed by atoms with van der Waals surface area (Å²) in [4.78, 5) is 27.5. The number of carbonyl (C=O) groups excluding carboxylic acids is 1. The van der Waals surface area contributed by atoms with Gasteiger partial charge in [-0.1, -0.05) is 19.8 Å². The minimum atomic E-state index is -1.14. The van der Waals surface area contributed by atoms with Crippen molar-refractivity contribution in [1.82, 2.24) is 15.6 Å². The van der Waals surface area contributed by atoms with Gasteiger partial charge >= 0.3 is 12.0 Å². The van der Waals surface area contributed by atoms with Gasteiger partial charge in [-0.25, -0.2) is 9.59 Å². The van der Waals surface area contributed by atoms with Crippen molar-refractivity contribution < 1.29 is 14.7 Å². The minimum Gasteiger partial charge on any atom is -0.480 e. The predicted octanol–water partition coefficient (Wildman–Crippen LogP) is 1.91. The van der Waals surface area contributed by atoms with E-state index in [9.17, 15) is 14.7 Å². The molecule has 6 heteroatoms. The number of carboxylic acids is 1. The van der Waals surface area contributed by atoms with E-state index in [4.69, 9.17) is 0 Å². The lowest BCUT2D eigenvalue weighted by molar-refractivity contribution is -0.146. The Hall–Kier alpha value is -2.11. The molecule has 2 unspecified atom stereocenters. The SMILES string of the molecule is CC1CCCC(NC(=O)NCc2ccncc2)(C(=O)O)C1. The van der Waals surface area contributed by atoms with E-state index in [0.29, 0.717) is 25.3 Å². The molecule has 1 heterocycles. The number of hydrogen-bond donors (Lipinski definition) is 3. The Morgan fingerprint density at radius 3 is 2.76 bits per heavy atom. The Morgan fingerprint density at radius 1 is 1.43 bits per heavy atom. The van der Waals surface area contributed by atoms with E-state index in [1.165, 1.54) is 0 Å². The van der Waals surface area contributed by atoms with Crippen LogP contribution in [0.25, 0.3) is 0 Å². The van der Waals surface area contributed by atoms with Gasteiger partial charge < -0.3 is 15.7 Å². The summed E-state index contributed by atoms with van der Waals surface area (Å²) in [5.74, 6) is -0.650. The molecule has 114 valence electrons. The van der Waals surface area contributed by atoms with E-state index in [0.717, 1.165) is 18.4 Å². The molecule has 1 fully saturated rings. The molecule has 0 aliphatic heterocycles. The highest BCUT2D eigenvalue weighted by molar-refractivity contribution is 5.86. The average molecular weight is 291 g/mol. The van der Waals surface area contributed by atoms with Crippen LogP contribution in [0.3, 0.4) is 0 Å². The van der Waals surface area contributed by atoms with Crippen LogP contribution in [0.15, 0.2) is 24.5 Å². The third-order valence-corrected chi connectivity index (χ3v) is 3.96. The lowest BCUT2D eigenvalue weighted by Gasteiger charge is -2.37. The number of nitrogens with zero attached hydrogens (tertiary/aromatic N) is 1. The Kier molecular flexibility index (Phi) is 4.77. The van der Waals surface area contributed by atoms with Crippen LogP contribution in [0.2, 0.25) is 0 Å². The van der Waals surface area contributed by atoms with Crippen LogP contribution >= 0.6 is 0 Å². The van der Waals surface area contributed by atoms with Gasteiger partial charge in [0.25, 0.3) is 0 Å². The van der Waals surface area contributed by atoms with Gasteiger partial charge in [0.15, 0.2) is 0 Å². The number of aromatic nitrogens is 1. The lowest BCUT2D eigenvalue weighted by Crippen LogP contribution is -2.59. The quantitative estimate of drug-likeness (QED) is 0.790. The summed E-state index contributed by atoms with van der Waals surface area (Å²) in [7, 11) is 0. The van der Waals surface area contributed by atoms with Gasteiger partial charge in [-0.05, 0) is 36.5 Å². The summed E-state index contributed by atoms with van der Waals surface area (Å²) in [6.07, 6.45) is 6.08. The van der Waals surface area contributed by atoms with Crippen LogP contribution in [-0.2, 0) is 11.3 Å². The van der Waals surface area contributed by atoms with Gasteiger partial charge in [0.05, 0.1) is 0 Å². The Balaban J connectivity index is 1.94. The highest BCUT2D eigenvalue weighted by Gasteiger charge is 2.43. The van der Waals surface area contributed by atoms with Gasteiger partial charge in [-0.2, -0.15) is 0 Å². The maximum Gasteiger partial charge on any atom is 0.329 e. The van der Waals surface area contributed by atoms with Crippen molar-refractivity contribution >= 4 is 12.0 Å². The number of carbonyl (C=O) groups is 2. The van der Waals surface area contributed by atoms with Crippen molar-refractivity contribution in [3.8, 4) is 0 Å². The van der Waals surface area contributed by atoms with Crippen molar-refractivity contribution in [2.75, 3.05) is 0 Å². The van der Waals surface area contributed by atoms with Crippen LogP contribution in [0.4, 0.5) is 4.79 Å². The zero-order chi connectivity index (χ0) is 15.3. The van der Waals surface area contributed by atoms with Crippen molar-refractivity contribution in [2.24, 2.45) is 5.92 Å². The second-order valence-electron chi connectivity index (χ2n) is 5.75. The first kappa shape index (κ1) is 15.3. The molecule has 3 N–H and O–H groups in total. The Bertz CT molecular complexity index is 506. The minimum absolute atomic E-state index is 0.301. The summed E-state index contributed by atoms with van der Waals surface area (Å²) in [5.41, 5.74) is -0.221. The molecular weight excluding hydrogens is 270 g/mol. The fourth-order valence-corrected chi connectivity index (χ4v) is 2.86. The summed E-state index contributed by atoms with van der Waals surface area (Å²) in [5, 5.41) is 14.9. The summed E-state index contributed by atoms with van der Waals surface area (Å²) in [6, 6.07) is 3.16. The molecular formula is C15H21N3O3. The van der Waals surface area contributed by atoms with E-state index in [-0.39, 0.29) is 0 Å². The van der Waals surface area contributed by atoms with E-state index in [1.807, 2.05) is 6.92 Å². The van der Waals surface area contributed by atoms with Crippen molar-refractivity contribution in [1.29, 1.82) is 0 Å². The lowest BCUT2D eigenvalue weighted by atomic mass is 9.76. The van der Waals surface area contributed by atoms with Gasteiger partial charge in [0, 0.05) is 18.9 Å². The maximum absolute atomic E-state index is 12.0. The van der Waals surface area contributed by atoms with Gasteiger partial charge in [-0.15, -0.1) is 0 Å². The predicted molar refractivity (Wildman–Crippen MR) is 77.6 cm³/mol. The molecule has 0 aromatic carbocycles. The standard InChI is InChI=1S/C15H21N3O3/c1-11-3-2-6-15(9-11,13(19)20)18-14(21)17-10-12-4-7-16-8-5-12/h4-5,7-8,11H,2-3,6,9-10H2,1H3,(H,19,20)(H2,17,18,21). The topological polar surface area (TPSA) is 91.3 Å². The molecule has 6 nitrogen and oxygen atoms in total. The van der Waals surface area contributed by atoms with E-state index < -0.39 is 17.5 Å². The smallest absolute Gasteiger partial charge is 0.329 e. The van der Waals surface area contributed by atoms with Crippen LogP contribution in [0, 0.1) is 5.92 Å². The number of urea groups is 1. The van der Waals surface area contributed by atoms with E-state index in [1.54, 1.807) is 24.5 Å². The van der Waals surface area contributed by atoms with E-state index >= 15 is 0 Å². The highest BCUT2D eigenvalue weighted by Crippen LogP contribution is 2.32. The van der Waals surface area contributed by atoms with Crippen LogP contribution in [0.5, 0.6) is 0 Å².